The van der Waals surface area contributed by atoms with Crippen molar-refractivity contribution in [2.24, 2.45) is 5.92 Å². The summed E-state index contributed by atoms with van der Waals surface area (Å²) >= 11 is 0. The summed E-state index contributed by atoms with van der Waals surface area (Å²) in [5.41, 5.74) is 0.537. The highest BCUT2D eigenvalue weighted by Crippen LogP contribution is 2.40. The number of carbonyl (C=O) groups excluding carboxylic acids is 1. The van der Waals surface area contributed by atoms with E-state index < -0.39 is 11.7 Å². The van der Waals surface area contributed by atoms with Gasteiger partial charge in [0.1, 0.15) is 17.2 Å². The Labute approximate surface area is 195 Å². The van der Waals surface area contributed by atoms with Gasteiger partial charge in [-0.1, -0.05) is 12.1 Å². The molecule has 0 unspecified atom stereocenters. The Kier molecular flexibility index (Phi) is 6.66. The van der Waals surface area contributed by atoms with E-state index in [4.69, 9.17) is 14.2 Å². The maximum Gasteiger partial charge on any atom is 0.251 e. The van der Waals surface area contributed by atoms with Crippen molar-refractivity contribution in [3.05, 3.63) is 48.0 Å². The summed E-state index contributed by atoms with van der Waals surface area (Å²) < 4.78 is 19.4. The van der Waals surface area contributed by atoms with E-state index >= 15 is 0 Å². The predicted octanol–water partition coefficient (Wildman–Crippen LogP) is 2.32. The van der Waals surface area contributed by atoms with Crippen molar-refractivity contribution in [1.82, 2.24) is 19.8 Å². The lowest BCUT2D eigenvalue weighted by molar-refractivity contribution is -0.174. The van der Waals surface area contributed by atoms with Gasteiger partial charge < -0.3 is 29.0 Å². The normalized spacial score (nSPS) is 23.2. The molecule has 8 heteroatoms. The van der Waals surface area contributed by atoms with E-state index in [0.29, 0.717) is 13.1 Å². The summed E-state index contributed by atoms with van der Waals surface area (Å²) in [6.45, 7) is 5.78. The zero-order valence-electron chi connectivity index (χ0n) is 19.4. The molecule has 4 heterocycles. The number of likely N-dealkylation sites (tertiary alicyclic amines) is 1. The number of methoxy groups -OCH3 is 1. The number of rotatable bonds is 6. The molecule has 0 radical (unpaired) electrons. The molecule has 33 heavy (non-hydrogen) atoms. The average Bonchev–Trinajstić information content (AvgIpc) is 3.35. The summed E-state index contributed by atoms with van der Waals surface area (Å²) in [5.74, 6) is 2.42. The highest BCUT2D eigenvalue weighted by molar-refractivity contribution is 5.81. The van der Waals surface area contributed by atoms with Crippen LogP contribution in [0.4, 0.5) is 0 Å². The molecule has 1 atom stereocenters. The number of fused-ring (bicyclic) bond motifs is 2. The first kappa shape index (κ1) is 22.4. The van der Waals surface area contributed by atoms with Crippen molar-refractivity contribution in [1.29, 1.82) is 0 Å². The number of hydrogen-bond acceptors (Lipinski definition) is 6. The molecule has 2 fully saturated rings. The fourth-order valence-corrected chi connectivity index (χ4v) is 5.31. The van der Waals surface area contributed by atoms with E-state index in [1.807, 2.05) is 36.7 Å². The second kappa shape index (κ2) is 9.83. The van der Waals surface area contributed by atoms with Gasteiger partial charge in [-0.3, -0.25) is 4.79 Å². The van der Waals surface area contributed by atoms with Crippen molar-refractivity contribution in [3.8, 4) is 5.75 Å². The van der Waals surface area contributed by atoms with E-state index in [1.165, 1.54) is 0 Å². The van der Waals surface area contributed by atoms with E-state index in [2.05, 4.69) is 19.8 Å². The van der Waals surface area contributed by atoms with Crippen LogP contribution in [0.1, 0.15) is 37.1 Å². The molecule has 0 saturated carbocycles. The molecule has 8 nitrogen and oxygen atoms in total. The van der Waals surface area contributed by atoms with Crippen LogP contribution >= 0.6 is 0 Å². The second-order valence-corrected chi connectivity index (χ2v) is 9.43. The van der Waals surface area contributed by atoms with E-state index in [1.54, 1.807) is 7.11 Å². The standard InChI is InChI=1S/C25H34N4O4/c1-31-21-4-2-19(3-5-21)16-27-23(30)22-18-29-13-10-26-24(29)25(33-22)8-11-28(12-9-25)17-20-6-14-32-15-7-20/h2-5,10,13,20,22H,6-9,11-12,14-18H2,1H3,(H,27,30)/t22-/m1/s1. The van der Waals surface area contributed by atoms with Crippen LogP contribution in [0, 0.1) is 5.92 Å². The van der Waals surface area contributed by atoms with E-state index in [9.17, 15) is 4.79 Å². The third kappa shape index (κ3) is 4.93. The number of nitrogens with one attached hydrogen (secondary N) is 1. The van der Waals surface area contributed by atoms with Crippen LogP contribution in [0.25, 0.3) is 0 Å². The maximum atomic E-state index is 13.1. The van der Waals surface area contributed by atoms with Gasteiger partial charge in [0.25, 0.3) is 5.91 Å². The lowest BCUT2D eigenvalue weighted by atomic mass is 9.87. The van der Waals surface area contributed by atoms with Gasteiger partial charge in [0.2, 0.25) is 0 Å². The summed E-state index contributed by atoms with van der Waals surface area (Å²) in [6, 6.07) is 7.73. The van der Waals surface area contributed by atoms with Gasteiger partial charge in [-0.15, -0.1) is 0 Å². The first-order valence-corrected chi connectivity index (χ1v) is 12.1. The van der Waals surface area contributed by atoms with Crippen molar-refractivity contribution in [3.63, 3.8) is 0 Å². The van der Waals surface area contributed by atoms with Crippen LogP contribution < -0.4 is 10.1 Å². The van der Waals surface area contributed by atoms with Gasteiger partial charge in [-0.05, 0) is 49.3 Å². The second-order valence-electron chi connectivity index (χ2n) is 9.43. The van der Waals surface area contributed by atoms with Gasteiger partial charge in [0.15, 0.2) is 6.10 Å². The number of hydrogen-bond donors (Lipinski definition) is 1. The summed E-state index contributed by atoms with van der Waals surface area (Å²) in [4.78, 5) is 20.2. The monoisotopic (exact) mass is 454 g/mol. The molecule has 5 rings (SSSR count). The minimum atomic E-state index is -0.521. The highest BCUT2D eigenvalue weighted by atomic mass is 16.5. The number of piperidine rings is 1. The van der Waals surface area contributed by atoms with Crippen molar-refractivity contribution in [2.75, 3.05) is 40.0 Å². The fourth-order valence-electron chi connectivity index (χ4n) is 5.31. The van der Waals surface area contributed by atoms with Crippen LogP contribution in [0.15, 0.2) is 36.7 Å². The lowest BCUT2D eigenvalue weighted by Gasteiger charge is -2.46. The Hall–Kier alpha value is -2.42. The maximum absolute atomic E-state index is 13.1. The summed E-state index contributed by atoms with van der Waals surface area (Å²) in [7, 11) is 1.65. The topological polar surface area (TPSA) is 77.9 Å². The first-order chi connectivity index (χ1) is 16.1. The molecule has 2 saturated heterocycles. The highest BCUT2D eigenvalue weighted by Gasteiger charge is 2.47. The largest absolute Gasteiger partial charge is 0.497 e. The van der Waals surface area contributed by atoms with Crippen molar-refractivity contribution < 1.29 is 19.0 Å². The molecule has 0 aliphatic carbocycles. The molecule has 1 aromatic heterocycles. The van der Waals surface area contributed by atoms with Crippen LogP contribution in [0.3, 0.4) is 0 Å². The average molecular weight is 455 g/mol. The molecule has 1 N–H and O–H groups in total. The minimum Gasteiger partial charge on any atom is -0.497 e. The molecule has 1 amide bonds. The van der Waals surface area contributed by atoms with Crippen molar-refractivity contribution >= 4 is 5.91 Å². The Morgan fingerprint density at radius 3 is 2.70 bits per heavy atom. The molecule has 178 valence electrons. The summed E-state index contributed by atoms with van der Waals surface area (Å²) in [5, 5.41) is 3.05. The Morgan fingerprint density at radius 2 is 1.97 bits per heavy atom. The Bertz CT molecular complexity index is 930. The molecule has 3 aliphatic heterocycles. The number of benzene rings is 1. The number of carbonyl (C=O) groups is 1. The molecule has 2 aromatic rings. The number of imidazole rings is 1. The summed E-state index contributed by atoms with van der Waals surface area (Å²) in [6.07, 6.45) is 7.29. The van der Waals surface area contributed by atoms with Gasteiger partial charge in [0.05, 0.1) is 13.7 Å². The molecule has 0 bridgehead atoms. The van der Waals surface area contributed by atoms with Crippen molar-refractivity contribution in [2.45, 2.75) is 50.5 Å². The smallest absolute Gasteiger partial charge is 0.251 e. The van der Waals surface area contributed by atoms with E-state index in [-0.39, 0.29) is 5.91 Å². The molecular weight excluding hydrogens is 420 g/mol. The van der Waals surface area contributed by atoms with Crippen LogP contribution in [-0.2, 0) is 33.0 Å². The molecule has 1 spiro atoms. The third-order valence-electron chi connectivity index (χ3n) is 7.29. The minimum absolute atomic E-state index is 0.0748. The van der Waals surface area contributed by atoms with Crippen LogP contribution in [0.2, 0.25) is 0 Å². The van der Waals surface area contributed by atoms with Gasteiger partial charge in [-0.25, -0.2) is 4.98 Å². The quantitative estimate of drug-likeness (QED) is 0.722. The van der Waals surface area contributed by atoms with Gasteiger partial charge in [-0.2, -0.15) is 0 Å². The first-order valence-electron chi connectivity index (χ1n) is 12.1. The Balaban J connectivity index is 1.21. The SMILES string of the molecule is COc1ccc(CNC(=O)[C@H]2Cn3ccnc3C3(CCN(CC4CCOCC4)CC3)O2)cc1. The zero-order chi connectivity index (χ0) is 22.7. The molecule has 3 aliphatic rings. The molecular formula is C25H34N4O4. The zero-order valence-corrected chi connectivity index (χ0v) is 19.4. The van der Waals surface area contributed by atoms with Crippen LogP contribution in [-0.4, -0.2) is 66.4 Å². The number of aromatic nitrogens is 2. The van der Waals surface area contributed by atoms with Crippen LogP contribution in [0.5, 0.6) is 5.75 Å². The Morgan fingerprint density at radius 1 is 1.21 bits per heavy atom. The molecule has 1 aromatic carbocycles. The van der Waals surface area contributed by atoms with E-state index in [0.717, 1.165) is 81.6 Å². The van der Waals surface area contributed by atoms with Gasteiger partial charge >= 0.3 is 0 Å². The fraction of sp³-hybridized carbons (Fsp3) is 0.600. The number of nitrogens with zero attached hydrogens (tertiary/aromatic N) is 3. The van der Waals surface area contributed by atoms with Gasteiger partial charge in [0, 0.05) is 51.8 Å². The predicted molar refractivity (Wildman–Crippen MR) is 123 cm³/mol. The number of ether oxygens (including phenoxy) is 3. The third-order valence-corrected chi connectivity index (χ3v) is 7.29. The lowest BCUT2D eigenvalue weighted by Crippen LogP contribution is -2.54. The number of amides is 1.